The summed E-state index contributed by atoms with van der Waals surface area (Å²) in [4.78, 5) is 28.1. The van der Waals surface area contributed by atoms with Gasteiger partial charge in [-0.25, -0.2) is 14.3 Å². The lowest BCUT2D eigenvalue weighted by atomic mass is 10.0. The molecule has 7 nitrogen and oxygen atoms in total. The van der Waals surface area contributed by atoms with Crippen molar-refractivity contribution >= 4 is 22.5 Å². The van der Waals surface area contributed by atoms with Crippen LogP contribution in [0.2, 0.25) is 0 Å². The summed E-state index contributed by atoms with van der Waals surface area (Å²) < 4.78 is 2.80. The van der Waals surface area contributed by atoms with Gasteiger partial charge in [-0.15, -0.1) is 0 Å². The molecule has 1 N–H and O–H groups in total. The highest BCUT2D eigenvalue weighted by Crippen LogP contribution is 2.18. The summed E-state index contributed by atoms with van der Waals surface area (Å²) in [5.41, 5.74) is 0.871. The van der Waals surface area contributed by atoms with Crippen LogP contribution in [-0.4, -0.2) is 30.2 Å². The molecule has 0 fully saturated rings. The first kappa shape index (κ1) is 13.3. The summed E-state index contributed by atoms with van der Waals surface area (Å²) in [5, 5.41) is 13.8. The lowest BCUT2D eigenvalue weighted by Gasteiger charge is -2.19. The highest BCUT2D eigenvalue weighted by atomic mass is 16.4. The second kappa shape index (κ2) is 4.69. The topological polar surface area (TPSA) is 89.5 Å². The van der Waals surface area contributed by atoms with Gasteiger partial charge in [0.15, 0.2) is 5.65 Å². The third kappa shape index (κ3) is 1.97. The first-order valence-electron chi connectivity index (χ1n) is 6.57. The van der Waals surface area contributed by atoms with E-state index < -0.39 is 12.0 Å². The lowest BCUT2D eigenvalue weighted by Crippen LogP contribution is -2.33. The maximum atomic E-state index is 12.6. The summed E-state index contributed by atoms with van der Waals surface area (Å²) in [6.07, 6.45) is 4.57. The molecule has 0 aliphatic rings. The predicted molar refractivity (Wildman–Crippen MR) is 76.3 cm³/mol. The van der Waals surface area contributed by atoms with E-state index in [-0.39, 0.29) is 11.5 Å². The molecule has 3 heterocycles. The number of aromatic nitrogens is 4. The van der Waals surface area contributed by atoms with Crippen molar-refractivity contribution in [2.45, 2.75) is 19.9 Å². The SMILES string of the molecule is CC(C)C(C(=O)O)n1ccc2c(cnc3ccnn32)c1=O. The Morgan fingerprint density at radius 1 is 1.33 bits per heavy atom. The van der Waals surface area contributed by atoms with Gasteiger partial charge in [0.25, 0.3) is 5.56 Å². The van der Waals surface area contributed by atoms with Crippen LogP contribution in [0.5, 0.6) is 0 Å². The summed E-state index contributed by atoms with van der Waals surface area (Å²) in [5.74, 6) is -1.24. The fourth-order valence-electron chi connectivity index (χ4n) is 2.52. The smallest absolute Gasteiger partial charge is 0.327 e. The molecule has 7 heteroatoms. The van der Waals surface area contributed by atoms with E-state index in [0.29, 0.717) is 16.6 Å². The van der Waals surface area contributed by atoms with Crippen molar-refractivity contribution in [3.05, 3.63) is 41.1 Å². The second-order valence-corrected chi connectivity index (χ2v) is 5.21. The van der Waals surface area contributed by atoms with Crippen molar-refractivity contribution < 1.29 is 9.90 Å². The normalized spacial score (nSPS) is 13.1. The maximum Gasteiger partial charge on any atom is 0.327 e. The average Bonchev–Trinajstić information content (AvgIpc) is 2.89. The van der Waals surface area contributed by atoms with E-state index in [1.807, 2.05) is 0 Å². The molecule has 3 aromatic rings. The minimum Gasteiger partial charge on any atom is -0.480 e. The molecule has 0 amide bonds. The fraction of sp³-hybridized carbons (Fsp3) is 0.286. The number of fused-ring (bicyclic) bond motifs is 3. The van der Waals surface area contributed by atoms with Crippen molar-refractivity contribution in [1.82, 2.24) is 19.2 Å². The van der Waals surface area contributed by atoms with E-state index in [1.54, 1.807) is 36.7 Å². The van der Waals surface area contributed by atoms with Crippen molar-refractivity contribution in [2.24, 2.45) is 5.92 Å². The number of carbonyl (C=O) groups is 1. The lowest BCUT2D eigenvalue weighted by molar-refractivity contribution is -0.142. The van der Waals surface area contributed by atoms with Crippen molar-refractivity contribution in [3.63, 3.8) is 0 Å². The van der Waals surface area contributed by atoms with Gasteiger partial charge in [0.05, 0.1) is 17.1 Å². The van der Waals surface area contributed by atoms with Gasteiger partial charge in [-0.3, -0.25) is 4.79 Å². The van der Waals surface area contributed by atoms with E-state index in [0.717, 1.165) is 0 Å². The zero-order valence-corrected chi connectivity index (χ0v) is 11.6. The molecule has 21 heavy (non-hydrogen) atoms. The Bertz CT molecular complexity index is 894. The average molecular weight is 286 g/mol. The molecule has 0 spiro atoms. The Kier molecular flexibility index (Phi) is 2.97. The predicted octanol–water partition coefficient (Wildman–Crippen LogP) is 1.33. The van der Waals surface area contributed by atoms with Crippen LogP contribution in [-0.2, 0) is 4.79 Å². The molecule has 3 aromatic heterocycles. The summed E-state index contributed by atoms with van der Waals surface area (Å²) in [7, 11) is 0. The van der Waals surface area contributed by atoms with Gasteiger partial charge in [0, 0.05) is 18.5 Å². The molecule has 0 saturated carbocycles. The van der Waals surface area contributed by atoms with Crippen LogP contribution in [0.15, 0.2) is 35.5 Å². The van der Waals surface area contributed by atoms with E-state index in [2.05, 4.69) is 10.1 Å². The number of pyridine rings is 1. The second-order valence-electron chi connectivity index (χ2n) is 5.21. The first-order valence-corrected chi connectivity index (χ1v) is 6.57. The van der Waals surface area contributed by atoms with Crippen LogP contribution in [0.3, 0.4) is 0 Å². The van der Waals surface area contributed by atoms with Gasteiger partial charge in [0.1, 0.15) is 6.04 Å². The van der Waals surface area contributed by atoms with Crippen LogP contribution >= 0.6 is 0 Å². The standard InChI is InChI=1S/C14H14N4O3/c1-8(2)12(14(20)21)17-6-4-10-9(13(17)19)7-15-11-3-5-16-18(10)11/h3-8,12H,1-2H3,(H,20,21). The van der Waals surface area contributed by atoms with Gasteiger partial charge in [-0.05, 0) is 12.0 Å². The molecule has 0 bridgehead atoms. The number of carboxylic acids is 1. The first-order chi connectivity index (χ1) is 10.0. The molecule has 0 aromatic carbocycles. The van der Waals surface area contributed by atoms with E-state index in [4.69, 9.17) is 0 Å². The van der Waals surface area contributed by atoms with Crippen molar-refractivity contribution in [3.8, 4) is 0 Å². The van der Waals surface area contributed by atoms with Crippen molar-refractivity contribution in [1.29, 1.82) is 0 Å². The van der Waals surface area contributed by atoms with Gasteiger partial charge in [-0.1, -0.05) is 13.8 Å². The Labute approximate surface area is 119 Å². The monoisotopic (exact) mass is 286 g/mol. The number of hydrogen-bond acceptors (Lipinski definition) is 4. The van der Waals surface area contributed by atoms with Crippen LogP contribution in [0.4, 0.5) is 0 Å². The van der Waals surface area contributed by atoms with Crippen LogP contribution in [0, 0.1) is 5.92 Å². The quantitative estimate of drug-likeness (QED) is 0.784. The molecule has 3 rings (SSSR count). The summed E-state index contributed by atoms with van der Waals surface area (Å²) >= 11 is 0. The number of rotatable bonds is 3. The van der Waals surface area contributed by atoms with E-state index >= 15 is 0 Å². The van der Waals surface area contributed by atoms with Crippen LogP contribution in [0.25, 0.3) is 16.6 Å². The maximum absolute atomic E-state index is 12.6. The van der Waals surface area contributed by atoms with E-state index in [1.165, 1.54) is 17.0 Å². The number of aliphatic carboxylic acids is 1. The Balaban J connectivity index is 2.32. The van der Waals surface area contributed by atoms with Gasteiger partial charge >= 0.3 is 5.97 Å². The highest BCUT2D eigenvalue weighted by molar-refractivity contribution is 5.80. The number of nitrogens with zero attached hydrogens (tertiary/aromatic N) is 4. The van der Waals surface area contributed by atoms with Crippen LogP contribution in [0.1, 0.15) is 19.9 Å². The largest absolute Gasteiger partial charge is 0.480 e. The molecule has 0 aliphatic heterocycles. The number of hydrogen-bond donors (Lipinski definition) is 1. The summed E-state index contributed by atoms with van der Waals surface area (Å²) in [6, 6.07) is 2.52. The molecule has 0 aliphatic carbocycles. The molecular formula is C14H14N4O3. The third-order valence-corrected chi connectivity index (χ3v) is 3.49. The molecule has 1 atom stereocenters. The minimum atomic E-state index is -1.03. The highest BCUT2D eigenvalue weighted by Gasteiger charge is 2.25. The van der Waals surface area contributed by atoms with Gasteiger partial charge < -0.3 is 9.67 Å². The Morgan fingerprint density at radius 2 is 2.10 bits per heavy atom. The zero-order valence-electron chi connectivity index (χ0n) is 11.6. The Morgan fingerprint density at radius 3 is 2.76 bits per heavy atom. The molecule has 108 valence electrons. The third-order valence-electron chi connectivity index (χ3n) is 3.49. The number of carboxylic acid groups (broad SMARTS) is 1. The van der Waals surface area contributed by atoms with E-state index in [9.17, 15) is 14.7 Å². The Hall–Kier alpha value is -2.70. The molecule has 1 unspecified atom stereocenters. The van der Waals surface area contributed by atoms with Gasteiger partial charge in [-0.2, -0.15) is 5.10 Å². The minimum absolute atomic E-state index is 0.209. The molecule has 0 radical (unpaired) electrons. The van der Waals surface area contributed by atoms with Gasteiger partial charge in [0.2, 0.25) is 0 Å². The molecular weight excluding hydrogens is 272 g/mol. The molecule has 0 saturated heterocycles. The van der Waals surface area contributed by atoms with Crippen LogP contribution < -0.4 is 5.56 Å². The zero-order chi connectivity index (χ0) is 15.1. The van der Waals surface area contributed by atoms with Crippen molar-refractivity contribution in [2.75, 3.05) is 0 Å². The summed E-state index contributed by atoms with van der Waals surface area (Å²) in [6.45, 7) is 3.54. The fourth-order valence-corrected chi connectivity index (χ4v) is 2.52.